The van der Waals surface area contributed by atoms with E-state index in [4.69, 9.17) is 0 Å². The van der Waals surface area contributed by atoms with Gasteiger partial charge < -0.3 is 0 Å². The zero-order chi connectivity index (χ0) is 17.1. The Bertz CT molecular complexity index is 540. The Hall–Kier alpha value is -1.65. The van der Waals surface area contributed by atoms with Gasteiger partial charge in [0.15, 0.2) is 0 Å². The quantitative estimate of drug-likeness (QED) is 0.178. The first-order valence-corrected chi connectivity index (χ1v) is 10.0. The maximum absolute atomic E-state index is 3.21. The number of thioether (sulfide) groups is 1. The van der Waals surface area contributed by atoms with Gasteiger partial charge in [-0.1, -0.05) is 86.3 Å². The molecule has 1 aromatic rings. The van der Waals surface area contributed by atoms with Gasteiger partial charge >= 0.3 is 0 Å². The second-order valence-corrected chi connectivity index (χ2v) is 6.59. The van der Waals surface area contributed by atoms with Gasteiger partial charge in [0, 0.05) is 11.3 Å². The normalized spacial score (nSPS) is 11.4. The van der Waals surface area contributed by atoms with E-state index < -0.39 is 0 Å². The van der Waals surface area contributed by atoms with Gasteiger partial charge in [-0.2, -0.15) is 0 Å². The Morgan fingerprint density at radius 1 is 0.833 bits per heavy atom. The Kier molecular flexibility index (Phi) is 13.8. The summed E-state index contributed by atoms with van der Waals surface area (Å²) in [6.45, 7) is 2.25. The molecule has 0 radical (unpaired) electrons. The van der Waals surface area contributed by atoms with Crippen molar-refractivity contribution in [2.45, 2.75) is 56.8 Å². The smallest absolute Gasteiger partial charge is 0.0594 e. The number of benzene rings is 1. The number of unbranched alkanes of at least 4 members (excludes halogenated alkanes) is 3. The van der Waals surface area contributed by atoms with Crippen LogP contribution >= 0.6 is 11.8 Å². The first-order valence-electron chi connectivity index (χ1n) is 9.02. The van der Waals surface area contributed by atoms with E-state index in [2.05, 4.69) is 79.5 Å². The third-order valence-corrected chi connectivity index (χ3v) is 4.31. The molecule has 0 aliphatic rings. The summed E-state index contributed by atoms with van der Waals surface area (Å²) in [7, 11) is 0. The van der Waals surface area contributed by atoms with Crippen LogP contribution in [0.2, 0.25) is 0 Å². The molecule has 1 heteroatoms. The molecule has 0 aliphatic heterocycles. The molecule has 0 unspecified atom stereocenters. The second-order valence-electron chi connectivity index (χ2n) is 5.54. The Morgan fingerprint density at radius 2 is 1.54 bits per heavy atom. The van der Waals surface area contributed by atoms with Crippen LogP contribution in [0.3, 0.4) is 0 Å². The van der Waals surface area contributed by atoms with Crippen molar-refractivity contribution in [2.75, 3.05) is 5.75 Å². The molecular formula is C23H30S. The zero-order valence-electron chi connectivity index (χ0n) is 14.9. The van der Waals surface area contributed by atoms with Gasteiger partial charge in [0.2, 0.25) is 0 Å². The van der Waals surface area contributed by atoms with Gasteiger partial charge in [0.05, 0.1) is 5.75 Å². The van der Waals surface area contributed by atoms with Gasteiger partial charge in [-0.25, -0.2) is 0 Å². The highest BCUT2D eigenvalue weighted by Crippen LogP contribution is 2.15. The lowest BCUT2D eigenvalue weighted by Gasteiger charge is -1.94. The van der Waals surface area contributed by atoms with Gasteiger partial charge in [-0.15, -0.1) is 11.8 Å². The van der Waals surface area contributed by atoms with E-state index in [-0.39, 0.29) is 0 Å². The van der Waals surface area contributed by atoms with Crippen LogP contribution in [0.15, 0.2) is 71.7 Å². The van der Waals surface area contributed by atoms with Crippen molar-refractivity contribution in [3.05, 3.63) is 66.8 Å². The van der Waals surface area contributed by atoms with Crippen molar-refractivity contribution in [2.24, 2.45) is 0 Å². The van der Waals surface area contributed by atoms with E-state index in [1.807, 2.05) is 6.07 Å². The molecule has 0 amide bonds. The standard InChI is InChI=1S/C23H30S/c1-2-3-4-5-6-7-8-9-10-11-12-13-14-15-19-22-24-23-20-17-16-18-21-23/h6-7,9-10,12-13,16-18,20-21H,2-5,8,11,14,22H2,1H3. The molecular weight excluding hydrogens is 308 g/mol. The average Bonchev–Trinajstić information content (AvgIpc) is 2.62. The topological polar surface area (TPSA) is 0 Å². The zero-order valence-corrected chi connectivity index (χ0v) is 15.7. The number of hydrogen-bond acceptors (Lipinski definition) is 1. The fourth-order valence-electron chi connectivity index (χ4n) is 2.07. The molecule has 0 bridgehead atoms. The maximum Gasteiger partial charge on any atom is 0.0594 e. The van der Waals surface area contributed by atoms with E-state index in [0.29, 0.717) is 0 Å². The maximum atomic E-state index is 3.21. The van der Waals surface area contributed by atoms with E-state index >= 15 is 0 Å². The van der Waals surface area contributed by atoms with Gasteiger partial charge in [0.1, 0.15) is 0 Å². The third kappa shape index (κ3) is 12.9. The average molecular weight is 339 g/mol. The number of hydrogen-bond donors (Lipinski definition) is 0. The van der Waals surface area contributed by atoms with Crippen molar-refractivity contribution < 1.29 is 0 Å². The summed E-state index contributed by atoms with van der Waals surface area (Å²) >= 11 is 1.79. The molecule has 0 nitrogen and oxygen atoms in total. The van der Waals surface area contributed by atoms with Crippen LogP contribution < -0.4 is 0 Å². The summed E-state index contributed by atoms with van der Waals surface area (Å²) in [6.07, 6.45) is 21.5. The van der Waals surface area contributed by atoms with Crippen LogP contribution in [0.5, 0.6) is 0 Å². The van der Waals surface area contributed by atoms with Crippen molar-refractivity contribution in [3.63, 3.8) is 0 Å². The predicted octanol–water partition coefficient (Wildman–Crippen LogP) is 7.20. The minimum atomic E-state index is 0.848. The molecule has 0 saturated heterocycles. The Balaban J connectivity index is 1.98. The van der Waals surface area contributed by atoms with E-state index in [1.54, 1.807) is 11.8 Å². The molecule has 0 heterocycles. The summed E-state index contributed by atoms with van der Waals surface area (Å²) < 4.78 is 0. The first-order chi connectivity index (χ1) is 11.9. The van der Waals surface area contributed by atoms with Crippen LogP contribution in [0.4, 0.5) is 0 Å². The fraction of sp³-hybridized carbons (Fsp3) is 0.391. The lowest BCUT2D eigenvalue weighted by atomic mass is 10.2. The predicted molar refractivity (Wildman–Crippen MR) is 110 cm³/mol. The van der Waals surface area contributed by atoms with Crippen molar-refractivity contribution >= 4 is 11.8 Å². The Labute approximate surface area is 153 Å². The lowest BCUT2D eigenvalue weighted by molar-refractivity contribution is 0.728. The minimum Gasteiger partial charge on any atom is -0.113 e. The van der Waals surface area contributed by atoms with E-state index in [0.717, 1.165) is 25.0 Å². The van der Waals surface area contributed by atoms with Crippen LogP contribution in [-0.2, 0) is 0 Å². The summed E-state index contributed by atoms with van der Waals surface area (Å²) in [5.74, 6) is 7.27. The monoisotopic (exact) mass is 338 g/mol. The second kappa shape index (κ2) is 16.2. The highest BCUT2D eigenvalue weighted by Gasteiger charge is 1.87. The summed E-state index contributed by atoms with van der Waals surface area (Å²) in [6, 6.07) is 10.4. The minimum absolute atomic E-state index is 0.848. The largest absolute Gasteiger partial charge is 0.113 e. The molecule has 128 valence electrons. The highest BCUT2D eigenvalue weighted by molar-refractivity contribution is 7.99. The van der Waals surface area contributed by atoms with Crippen LogP contribution in [0, 0.1) is 11.8 Å². The van der Waals surface area contributed by atoms with Gasteiger partial charge in [0.25, 0.3) is 0 Å². The van der Waals surface area contributed by atoms with Crippen molar-refractivity contribution in [3.8, 4) is 11.8 Å². The summed E-state index contributed by atoms with van der Waals surface area (Å²) in [4.78, 5) is 1.28. The molecule has 24 heavy (non-hydrogen) atoms. The molecule has 0 saturated carbocycles. The fourth-order valence-corrected chi connectivity index (χ4v) is 2.76. The highest BCUT2D eigenvalue weighted by atomic mass is 32.2. The van der Waals surface area contributed by atoms with Crippen LogP contribution in [-0.4, -0.2) is 5.75 Å². The van der Waals surface area contributed by atoms with Gasteiger partial charge in [-0.3, -0.25) is 0 Å². The number of allylic oxidation sites excluding steroid dienone is 6. The molecule has 0 N–H and O–H groups in total. The number of rotatable bonds is 11. The van der Waals surface area contributed by atoms with E-state index in [9.17, 15) is 0 Å². The Morgan fingerprint density at radius 3 is 2.29 bits per heavy atom. The molecule has 1 aromatic carbocycles. The lowest BCUT2D eigenvalue weighted by Crippen LogP contribution is -1.73. The third-order valence-electron chi connectivity index (χ3n) is 3.42. The molecule has 0 atom stereocenters. The van der Waals surface area contributed by atoms with Crippen LogP contribution in [0.25, 0.3) is 0 Å². The molecule has 0 aliphatic carbocycles. The summed E-state index contributed by atoms with van der Waals surface area (Å²) in [5.41, 5.74) is 0. The van der Waals surface area contributed by atoms with Gasteiger partial charge in [-0.05, 0) is 37.8 Å². The first kappa shape index (κ1) is 20.4. The van der Waals surface area contributed by atoms with Crippen molar-refractivity contribution in [1.82, 2.24) is 0 Å². The molecule has 0 fully saturated rings. The summed E-state index contributed by atoms with van der Waals surface area (Å²) in [5, 5.41) is 0. The van der Waals surface area contributed by atoms with Crippen molar-refractivity contribution in [1.29, 1.82) is 0 Å². The van der Waals surface area contributed by atoms with E-state index in [1.165, 1.54) is 30.6 Å². The van der Waals surface area contributed by atoms with Crippen LogP contribution in [0.1, 0.15) is 51.9 Å². The molecule has 0 aromatic heterocycles. The SMILES string of the molecule is CCCCCC=CCC=CCC=CCC#CCSc1ccccc1. The molecule has 1 rings (SSSR count). The molecule has 0 spiro atoms.